The number of nitrogens with zero attached hydrogens (tertiary/aromatic N) is 3. The first kappa shape index (κ1) is 27.2. The van der Waals surface area contributed by atoms with Gasteiger partial charge in [-0.05, 0) is 66.6 Å². The van der Waals surface area contributed by atoms with Crippen LogP contribution in [0.15, 0.2) is 113 Å². The summed E-state index contributed by atoms with van der Waals surface area (Å²) in [6.07, 6.45) is 3.31. The SMILES string of the molecule is C=CCN1C(=O)/C(=C\c2ccc3c(c2)c2ccccc2n3-c2ccccc2)O/C1=N\c1c(C)cc(Br)cc1C(=O)OC. The summed E-state index contributed by atoms with van der Waals surface area (Å²) in [5.41, 5.74) is 5.35. The predicted molar refractivity (Wildman–Crippen MR) is 169 cm³/mol. The van der Waals surface area contributed by atoms with Crippen LogP contribution in [0.1, 0.15) is 21.5 Å². The van der Waals surface area contributed by atoms with Crippen molar-refractivity contribution in [3.63, 3.8) is 0 Å². The summed E-state index contributed by atoms with van der Waals surface area (Å²) in [5, 5.41) is 2.16. The van der Waals surface area contributed by atoms with Gasteiger partial charge in [0.25, 0.3) is 5.91 Å². The number of hydrogen-bond acceptors (Lipinski definition) is 5. The normalized spacial score (nSPS) is 15.1. The Morgan fingerprint density at radius 1 is 1.00 bits per heavy atom. The number of aromatic nitrogens is 1. The summed E-state index contributed by atoms with van der Waals surface area (Å²) < 4.78 is 13.9. The fraction of sp³-hybridized carbons (Fsp3) is 0.0882. The quantitative estimate of drug-likeness (QED) is 0.111. The third-order valence-corrected chi connectivity index (χ3v) is 7.54. The predicted octanol–water partition coefficient (Wildman–Crippen LogP) is 7.71. The van der Waals surface area contributed by atoms with Crippen molar-refractivity contribution in [1.82, 2.24) is 9.47 Å². The van der Waals surface area contributed by atoms with Crippen LogP contribution in [0, 0.1) is 6.92 Å². The van der Waals surface area contributed by atoms with Gasteiger partial charge in [-0.15, -0.1) is 6.58 Å². The van der Waals surface area contributed by atoms with Crippen molar-refractivity contribution in [3.05, 3.63) is 125 Å². The van der Waals surface area contributed by atoms with E-state index in [0.717, 1.165) is 33.1 Å². The van der Waals surface area contributed by atoms with Gasteiger partial charge in [0.05, 0.1) is 29.4 Å². The molecule has 0 N–H and O–H groups in total. The van der Waals surface area contributed by atoms with E-state index in [1.54, 1.807) is 18.2 Å². The third kappa shape index (κ3) is 4.80. The first-order chi connectivity index (χ1) is 20.4. The van der Waals surface area contributed by atoms with E-state index in [2.05, 4.69) is 68.5 Å². The molecule has 0 unspecified atom stereocenters. The highest BCUT2D eigenvalue weighted by atomic mass is 79.9. The van der Waals surface area contributed by atoms with E-state index in [0.29, 0.717) is 15.7 Å². The van der Waals surface area contributed by atoms with Crippen LogP contribution >= 0.6 is 15.9 Å². The molecule has 2 heterocycles. The minimum Gasteiger partial charge on any atom is -0.465 e. The summed E-state index contributed by atoms with van der Waals surface area (Å²) in [5.74, 6) is -0.775. The number of para-hydroxylation sites is 2. The number of amides is 1. The molecule has 42 heavy (non-hydrogen) atoms. The largest absolute Gasteiger partial charge is 0.465 e. The molecule has 1 saturated heterocycles. The van der Waals surface area contributed by atoms with Gasteiger partial charge in [-0.25, -0.2) is 4.79 Å². The van der Waals surface area contributed by atoms with E-state index in [9.17, 15) is 9.59 Å². The minimum absolute atomic E-state index is 0.0588. The molecule has 0 bridgehead atoms. The highest BCUT2D eigenvalue weighted by molar-refractivity contribution is 9.10. The van der Waals surface area contributed by atoms with Crippen LogP contribution in [0.25, 0.3) is 33.6 Å². The smallest absolute Gasteiger partial charge is 0.340 e. The van der Waals surface area contributed by atoms with Gasteiger partial charge in [-0.1, -0.05) is 64.5 Å². The van der Waals surface area contributed by atoms with Gasteiger partial charge in [-0.3, -0.25) is 9.69 Å². The second-order valence-corrected chi connectivity index (χ2v) is 10.7. The van der Waals surface area contributed by atoms with Crippen LogP contribution in [-0.2, 0) is 14.3 Å². The molecule has 6 rings (SSSR count). The molecule has 0 radical (unpaired) electrons. The molecule has 5 aromatic rings. The number of carbonyl (C=O) groups excluding carboxylic acids is 2. The Balaban J connectivity index is 1.44. The topological polar surface area (TPSA) is 73.1 Å². The summed E-state index contributed by atoms with van der Waals surface area (Å²) in [6, 6.07) is 28.1. The number of halogens is 1. The lowest BCUT2D eigenvalue weighted by Crippen LogP contribution is -2.29. The van der Waals surface area contributed by atoms with Crippen LogP contribution < -0.4 is 0 Å². The summed E-state index contributed by atoms with van der Waals surface area (Å²) in [4.78, 5) is 32.0. The zero-order valence-electron chi connectivity index (χ0n) is 23.0. The Morgan fingerprint density at radius 2 is 1.74 bits per heavy atom. The molecule has 1 aliphatic heterocycles. The number of amidine groups is 1. The fourth-order valence-corrected chi connectivity index (χ4v) is 5.79. The van der Waals surface area contributed by atoms with Crippen LogP contribution in [0.3, 0.4) is 0 Å². The highest BCUT2D eigenvalue weighted by Gasteiger charge is 2.35. The van der Waals surface area contributed by atoms with Gasteiger partial charge in [0.15, 0.2) is 5.76 Å². The number of fused-ring (bicyclic) bond motifs is 3. The van der Waals surface area contributed by atoms with E-state index < -0.39 is 5.97 Å². The average Bonchev–Trinajstić information content (AvgIpc) is 3.48. The number of methoxy groups -OCH3 is 1. The van der Waals surface area contributed by atoms with Gasteiger partial charge in [0.2, 0.25) is 0 Å². The molecule has 0 aliphatic carbocycles. The fourth-order valence-electron chi connectivity index (χ4n) is 5.21. The molecule has 7 nitrogen and oxygen atoms in total. The number of ether oxygens (including phenoxy) is 2. The van der Waals surface area contributed by atoms with E-state index in [-0.39, 0.29) is 29.8 Å². The van der Waals surface area contributed by atoms with Crippen LogP contribution in [0.4, 0.5) is 5.69 Å². The van der Waals surface area contributed by atoms with Gasteiger partial charge in [0.1, 0.15) is 0 Å². The maximum atomic E-state index is 13.5. The van der Waals surface area contributed by atoms with Crippen LogP contribution in [-0.4, -0.2) is 41.0 Å². The minimum atomic E-state index is -0.544. The van der Waals surface area contributed by atoms with Crippen LogP contribution in [0.5, 0.6) is 0 Å². The monoisotopic (exact) mass is 619 g/mol. The second-order valence-electron chi connectivity index (χ2n) is 9.78. The third-order valence-electron chi connectivity index (χ3n) is 7.09. The molecule has 1 aliphatic rings. The Hall–Kier alpha value is -4.95. The van der Waals surface area contributed by atoms with Gasteiger partial charge >= 0.3 is 12.0 Å². The number of aryl methyl sites for hydroxylation is 1. The summed E-state index contributed by atoms with van der Waals surface area (Å²) >= 11 is 3.42. The Labute approximate surface area is 251 Å². The number of benzene rings is 4. The average molecular weight is 621 g/mol. The Kier molecular flexibility index (Phi) is 7.22. The van der Waals surface area contributed by atoms with Crippen LogP contribution in [0.2, 0.25) is 0 Å². The molecule has 0 saturated carbocycles. The molecule has 0 spiro atoms. The lowest BCUT2D eigenvalue weighted by atomic mass is 10.1. The van der Waals surface area contributed by atoms with E-state index in [1.165, 1.54) is 12.0 Å². The lowest BCUT2D eigenvalue weighted by Gasteiger charge is -2.13. The standard InChI is InChI=1S/C34H26BrN3O4/c1-4-16-37-32(39)30(42-34(37)36-31-21(2)17-23(35)20-27(31)33(40)41-3)19-22-14-15-29-26(18-22)25-12-8-9-13-28(25)38(29)24-10-6-5-7-11-24/h4-15,17-20H,1,16H2,2-3H3/b30-19+,36-34-. The molecule has 4 aromatic carbocycles. The van der Waals surface area contributed by atoms with Gasteiger partial charge in [0, 0.05) is 27.5 Å². The Morgan fingerprint density at radius 3 is 2.50 bits per heavy atom. The molecule has 0 atom stereocenters. The maximum Gasteiger partial charge on any atom is 0.340 e. The number of rotatable bonds is 6. The van der Waals surface area contributed by atoms with Gasteiger partial charge < -0.3 is 14.0 Å². The van der Waals surface area contributed by atoms with Crippen molar-refractivity contribution in [1.29, 1.82) is 0 Å². The Bertz CT molecular complexity index is 1960. The van der Waals surface area contributed by atoms with Crippen molar-refractivity contribution in [2.45, 2.75) is 6.92 Å². The number of aliphatic imine (C=N–C) groups is 1. The molecule has 1 aromatic heterocycles. The maximum absolute atomic E-state index is 13.5. The molecule has 1 amide bonds. The first-order valence-electron chi connectivity index (χ1n) is 13.3. The van der Waals surface area contributed by atoms with E-state index in [4.69, 9.17) is 9.47 Å². The summed E-state index contributed by atoms with van der Waals surface area (Å²) in [6.45, 7) is 5.79. The van der Waals surface area contributed by atoms with Gasteiger partial charge in [-0.2, -0.15) is 4.99 Å². The van der Waals surface area contributed by atoms with E-state index in [1.807, 2.05) is 49.4 Å². The van der Waals surface area contributed by atoms with Crippen molar-refractivity contribution in [3.8, 4) is 5.69 Å². The molecular formula is C34H26BrN3O4. The molecular weight excluding hydrogens is 594 g/mol. The molecule has 1 fully saturated rings. The highest BCUT2D eigenvalue weighted by Crippen LogP contribution is 2.34. The number of hydrogen-bond donors (Lipinski definition) is 0. The summed E-state index contributed by atoms with van der Waals surface area (Å²) in [7, 11) is 1.31. The second kappa shape index (κ2) is 11.1. The van der Waals surface area contributed by atoms with Crippen molar-refractivity contribution < 1.29 is 19.1 Å². The lowest BCUT2D eigenvalue weighted by molar-refractivity contribution is -0.122. The van der Waals surface area contributed by atoms with Crippen molar-refractivity contribution in [2.24, 2.45) is 4.99 Å². The number of carbonyl (C=O) groups is 2. The van der Waals surface area contributed by atoms with Crippen molar-refractivity contribution >= 4 is 67.4 Å². The van der Waals surface area contributed by atoms with Crippen molar-refractivity contribution in [2.75, 3.05) is 13.7 Å². The molecule has 208 valence electrons. The zero-order valence-corrected chi connectivity index (χ0v) is 24.6. The first-order valence-corrected chi connectivity index (χ1v) is 14.1. The van der Waals surface area contributed by atoms with E-state index >= 15 is 0 Å². The molecule has 8 heteroatoms. The zero-order chi connectivity index (χ0) is 29.4. The number of esters is 1.